The maximum Gasteiger partial charge on any atom is 0.265 e. The third-order valence-corrected chi connectivity index (χ3v) is 6.54. The standard InChI is InChI=1S/C24H22N4O/c1-27-13-19-11-20(5-7-22(19)26-27)28-14-25-23-12-17(4-6-21(23)24(28)29)18-9-15-2-3-16(8-15)10-18/h4-7,9,11-16H,2-3,8,10H2,1H3. The molecular weight excluding hydrogens is 360 g/mol. The number of fused-ring (bicyclic) bond motifs is 4. The number of nitrogens with zero attached hydrogens (tertiary/aromatic N) is 4. The number of hydrogen-bond donors (Lipinski definition) is 0. The van der Waals surface area contributed by atoms with Crippen LogP contribution >= 0.6 is 0 Å². The summed E-state index contributed by atoms with van der Waals surface area (Å²) in [7, 11) is 1.90. The smallest absolute Gasteiger partial charge is 0.265 e. The van der Waals surface area contributed by atoms with Gasteiger partial charge in [0.25, 0.3) is 5.56 Å². The number of hydrogen-bond acceptors (Lipinski definition) is 3. The largest absolute Gasteiger partial charge is 0.275 e. The van der Waals surface area contributed by atoms with Crippen molar-refractivity contribution in [1.29, 1.82) is 0 Å². The fourth-order valence-electron chi connectivity index (χ4n) is 5.12. The van der Waals surface area contributed by atoms with Gasteiger partial charge < -0.3 is 0 Å². The fraction of sp³-hybridized carbons (Fsp3) is 0.292. The molecule has 2 aliphatic rings. The first-order valence-corrected chi connectivity index (χ1v) is 10.3. The zero-order valence-corrected chi connectivity index (χ0v) is 16.4. The van der Waals surface area contributed by atoms with Gasteiger partial charge in [-0.25, -0.2) is 4.98 Å². The summed E-state index contributed by atoms with van der Waals surface area (Å²) in [5.74, 6) is 1.57. The highest BCUT2D eigenvalue weighted by Crippen LogP contribution is 2.44. The van der Waals surface area contributed by atoms with E-state index in [-0.39, 0.29) is 5.56 Å². The molecule has 0 radical (unpaired) electrons. The summed E-state index contributed by atoms with van der Waals surface area (Å²) < 4.78 is 3.40. The third-order valence-electron chi connectivity index (χ3n) is 6.54. The molecule has 1 fully saturated rings. The molecule has 0 spiro atoms. The van der Waals surface area contributed by atoms with E-state index in [0.29, 0.717) is 5.39 Å². The van der Waals surface area contributed by atoms with E-state index in [9.17, 15) is 4.79 Å². The molecule has 2 heterocycles. The van der Waals surface area contributed by atoms with E-state index in [2.05, 4.69) is 28.3 Å². The molecule has 0 aliphatic heterocycles. The molecule has 4 aromatic rings. The monoisotopic (exact) mass is 382 g/mol. The lowest BCUT2D eigenvalue weighted by Crippen LogP contribution is -2.18. The summed E-state index contributed by atoms with van der Waals surface area (Å²) >= 11 is 0. The number of aromatic nitrogens is 4. The van der Waals surface area contributed by atoms with Gasteiger partial charge in [-0.15, -0.1) is 0 Å². The van der Waals surface area contributed by atoms with E-state index < -0.39 is 0 Å². The van der Waals surface area contributed by atoms with Crippen LogP contribution < -0.4 is 5.56 Å². The van der Waals surface area contributed by atoms with E-state index in [1.54, 1.807) is 15.6 Å². The summed E-state index contributed by atoms with van der Waals surface area (Å²) in [5, 5.41) is 6.06. The number of rotatable bonds is 2. The zero-order valence-electron chi connectivity index (χ0n) is 16.4. The van der Waals surface area contributed by atoms with Gasteiger partial charge in [0.15, 0.2) is 0 Å². The van der Waals surface area contributed by atoms with Crippen molar-refractivity contribution in [2.75, 3.05) is 0 Å². The van der Waals surface area contributed by atoms with Crippen LogP contribution in [0.5, 0.6) is 0 Å². The summed E-state index contributed by atoms with van der Waals surface area (Å²) in [4.78, 5) is 17.8. The normalized spacial score (nSPS) is 21.1. The molecule has 2 unspecified atom stereocenters. The first-order valence-electron chi connectivity index (χ1n) is 10.3. The van der Waals surface area contributed by atoms with Crippen molar-refractivity contribution >= 4 is 27.4 Å². The second kappa shape index (κ2) is 6.14. The highest BCUT2D eigenvalue weighted by molar-refractivity contribution is 5.84. The molecule has 2 aromatic carbocycles. The summed E-state index contributed by atoms with van der Waals surface area (Å²) in [6.45, 7) is 0. The minimum absolute atomic E-state index is 0.0394. The molecule has 5 nitrogen and oxygen atoms in total. The average Bonchev–Trinajstić information content (AvgIpc) is 3.27. The Balaban J connectivity index is 1.43. The van der Waals surface area contributed by atoms with Gasteiger partial charge in [-0.05, 0) is 79.0 Å². The second-order valence-corrected chi connectivity index (χ2v) is 8.53. The predicted molar refractivity (Wildman–Crippen MR) is 115 cm³/mol. The van der Waals surface area contributed by atoms with Gasteiger partial charge in [0.05, 0.1) is 22.1 Å². The number of benzene rings is 2. The van der Waals surface area contributed by atoms with Crippen molar-refractivity contribution in [2.24, 2.45) is 18.9 Å². The molecule has 0 saturated heterocycles. The van der Waals surface area contributed by atoms with Gasteiger partial charge in [-0.2, -0.15) is 5.10 Å². The molecule has 2 atom stereocenters. The third kappa shape index (κ3) is 2.72. The van der Waals surface area contributed by atoms with Crippen LogP contribution in [0.3, 0.4) is 0 Å². The first-order chi connectivity index (χ1) is 14.1. The molecule has 1 saturated carbocycles. The van der Waals surface area contributed by atoms with Crippen molar-refractivity contribution in [1.82, 2.24) is 19.3 Å². The van der Waals surface area contributed by atoms with Crippen molar-refractivity contribution < 1.29 is 0 Å². The average molecular weight is 382 g/mol. The lowest BCUT2D eigenvalue weighted by molar-refractivity contribution is 0.529. The number of allylic oxidation sites excluding steroid dienone is 2. The maximum absolute atomic E-state index is 13.2. The molecule has 2 aliphatic carbocycles. The Kier molecular flexibility index (Phi) is 3.54. The van der Waals surface area contributed by atoms with E-state index in [1.165, 1.54) is 30.4 Å². The lowest BCUT2D eigenvalue weighted by atomic mass is 9.86. The topological polar surface area (TPSA) is 52.7 Å². The Bertz CT molecular complexity index is 1360. The van der Waals surface area contributed by atoms with Gasteiger partial charge in [0.1, 0.15) is 6.33 Å². The molecule has 6 rings (SSSR count). The van der Waals surface area contributed by atoms with E-state index >= 15 is 0 Å². The molecule has 2 aromatic heterocycles. The summed E-state index contributed by atoms with van der Waals surface area (Å²) in [5.41, 5.74) is 5.10. The highest BCUT2D eigenvalue weighted by atomic mass is 16.1. The molecule has 0 amide bonds. The van der Waals surface area contributed by atoms with Gasteiger partial charge in [0, 0.05) is 18.6 Å². The van der Waals surface area contributed by atoms with Crippen LogP contribution in [0.4, 0.5) is 0 Å². The van der Waals surface area contributed by atoms with Crippen molar-refractivity contribution in [3.05, 3.63) is 70.9 Å². The molecular formula is C24H22N4O. The van der Waals surface area contributed by atoms with Crippen LogP contribution in [-0.2, 0) is 7.05 Å². The Labute approximate surface area is 168 Å². The van der Waals surface area contributed by atoms with Gasteiger partial charge in [0.2, 0.25) is 0 Å². The number of aryl methyl sites for hydroxylation is 1. The summed E-state index contributed by atoms with van der Waals surface area (Å²) in [6.07, 6.45) is 11.2. The quantitative estimate of drug-likeness (QED) is 0.514. The van der Waals surface area contributed by atoms with Crippen LogP contribution in [0, 0.1) is 11.8 Å². The van der Waals surface area contributed by atoms with Crippen LogP contribution in [-0.4, -0.2) is 19.3 Å². The molecule has 29 heavy (non-hydrogen) atoms. The Morgan fingerprint density at radius 2 is 2.00 bits per heavy atom. The first kappa shape index (κ1) is 16.7. The molecule has 5 heteroatoms. The fourth-order valence-corrected chi connectivity index (χ4v) is 5.12. The van der Waals surface area contributed by atoms with E-state index in [0.717, 1.165) is 40.4 Å². The van der Waals surface area contributed by atoms with Crippen LogP contribution in [0.2, 0.25) is 0 Å². The van der Waals surface area contributed by atoms with Gasteiger partial charge in [-0.1, -0.05) is 12.1 Å². The van der Waals surface area contributed by atoms with Gasteiger partial charge >= 0.3 is 0 Å². The Morgan fingerprint density at radius 3 is 2.90 bits per heavy atom. The minimum atomic E-state index is -0.0394. The molecule has 2 bridgehead atoms. The SMILES string of the molecule is Cn1cc2cc(-n3cnc4cc(C5=CC6CCC(C5)C6)ccc4c3=O)ccc2n1. The maximum atomic E-state index is 13.2. The summed E-state index contributed by atoms with van der Waals surface area (Å²) in [6, 6.07) is 12.0. The van der Waals surface area contributed by atoms with Crippen LogP contribution in [0.25, 0.3) is 33.1 Å². The lowest BCUT2D eigenvalue weighted by Gasteiger charge is -2.19. The zero-order chi connectivity index (χ0) is 19.5. The van der Waals surface area contributed by atoms with Crippen molar-refractivity contribution in [3.63, 3.8) is 0 Å². The molecule has 0 N–H and O–H groups in total. The van der Waals surface area contributed by atoms with E-state index in [4.69, 9.17) is 0 Å². The highest BCUT2D eigenvalue weighted by Gasteiger charge is 2.29. The predicted octanol–water partition coefficient (Wildman–Crippen LogP) is 4.48. The van der Waals surface area contributed by atoms with Crippen LogP contribution in [0.1, 0.15) is 31.2 Å². The van der Waals surface area contributed by atoms with Crippen LogP contribution in [0.15, 0.2) is 59.8 Å². The van der Waals surface area contributed by atoms with Crippen molar-refractivity contribution in [3.8, 4) is 5.69 Å². The minimum Gasteiger partial charge on any atom is -0.275 e. The Hall–Kier alpha value is -3.21. The van der Waals surface area contributed by atoms with E-state index in [1.807, 2.05) is 37.5 Å². The van der Waals surface area contributed by atoms with Gasteiger partial charge in [-0.3, -0.25) is 14.0 Å². The van der Waals surface area contributed by atoms with Crippen molar-refractivity contribution in [2.45, 2.75) is 25.7 Å². The molecule has 144 valence electrons. The Morgan fingerprint density at radius 1 is 1.07 bits per heavy atom. The second-order valence-electron chi connectivity index (χ2n) is 8.53.